The molecule has 0 bridgehead atoms. The normalized spacial score (nSPS) is 9.62. The van der Waals surface area contributed by atoms with Crippen LogP contribution in [0.3, 0.4) is 0 Å². The van der Waals surface area contributed by atoms with Gasteiger partial charge in [0.1, 0.15) is 0 Å². The largest absolute Gasteiger partial charge is 0.326 e. The molecule has 0 heterocycles. The predicted octanol–water partition coefficient (Wildman–Crippen LogP) is 1.81. The number of amides is 1. The first-order chi connectivity index (χ1) is 7.54. The third-order valence-corrected chi connectivity index (χ3v) is 2.07. The highest BCUT2D eigenvalue weighted by Gasteiger charge is 2.10. The van der Waals surface area contributed by atoms with E-state index in [0.717, 1.165) is 0 Å². The van der Waals surface area contributed by atoms with Crippen molar-refractivity contribution in [2.45, 2.75) is 20.3 Å². The van der Waals surface area contributed by atoms with E-state index in [-0.39, 0.29) is 5.91 Å². The molecule has 0 aliphatic rings. The summed E-state index contributed by atoms with van der Waals surface area (Å²) >= 11 is 0. The van der Waals surface area contributed by atoms with Gasteiger partial charge in [-0.15, -0.1) is 0 Å². The molecule has 0 fully saturated rings. The maximum Gasteiger partial charge on any atom is 0.228 e. The average molecular weight is 219 g/mol. The lowest BCUT2D eigenvalue weighted by molar-refractivity contribution is -0.116. The van der Waals surface area contributed by atoms with E-state index < -0.39 is 11.6 Å². The summed E-state index contributed by atoms with van der Waals surface area (Å²) in [5, 5.41) is 2.65. The maximum absolute atomic E-state index is 11.3. The lowest BCUT2D eigenvalue weighted by Gasteiger charge is -2.03. The summed E-state index contributed by atoms with van der Waals surface area (Å²) in [5.74, 6) is -1.11. The Bertz CT molecular complexity index is 420. The summed E-state index contributed by atoms with van der Waals surface area (Å²) < 4.78 is 0. The summed E-state index contributed by atoms with van der Waals surface area (Å²) in [6.07, 6.45) is 0.397. The number of ketones is 2. The van der Waals surface area contributed by atoms with Crippen molar-refractivity contribution in [1.29, 1.82) is 0 Å². The third kappa shape index (κ3) is 3.02. The number of hydrogen-bond donors (Lipinski definition) is 1. The number of benzene rings is 1. The molecule has 0 aromatic heterocycles. The van der Waals surface area contributed by atoms with Gasteiger partial charge in [-0.1, -0.05) is 6.92 Å². The van der Waals surface area contributed by atoms with Gasteiger partial charge >= 0.3 is 0 Å². The number of anilines is 1. The van der Waals surface area contributed by atoms with Crippen molar-refractivity contribution < 1.29 is 14.4 Å². The molecule has 0 aliphatic carbocycles. The van der Waals surface area contributed by atoms with Crippen molar-refractivity contribution in [3.05, 3.63) is 29.8 Å². The fourth-order valence-electron chi connectivity index (χ4n) is 1.16. The molecule has 0 spiro atoms. The third-order valence-electron chi connectivity index (χ3n) is 2.07. The highest BCUT2D eigenvalue weighted by Crippen LogP contribution is 2.10. The molecule has 1 amide bonds. The van der Waals surface area contributed by atoms with Crippen molar-refractivity contribution in [3.8, 4) is 0 Å². The minimum Gasteiger partial charge on any atom is -0.326 e. The van der Waals surface area contributed by atoms with Gasteiger partial charge in [-0.2, -0.15) is 0 Å². The van der Waals surface area contributed by atoms with E-state index >= 15 is 0 Å². The zero-order valence-electron chi connectivity index (χ0n) is 9.24. The van der Waals surface area contributed by atoms with Crippen molar-refractivity contribution >= 4 is 23.2 Å². The van der Waals surface area contributed by atoms with Crippen LogP contribution in [-0.2, 0) is 9.59 Å². The van der Waals surface area contributed by atoms with Crippen LogP contribution in [0.2, 0.25) is 0 Å². The van der Waals surface area contributed by atoms with Gasteiger partial charge in [0.05, 0.1) is 0 Å². The molecule has 4 heteroatoms. The molecule has 84 valence electrons. The zero-order chi connectivity index (χ0) is 12.1. The minimum absolute atomic E-state index is 0.0920. The fraction of sp³-hybridized carbons (Fsp3) is 0.250. The minimum atomic E-state index is -0.520. The van der Waals surface area contributed by atoms with Crippen LogP contribution in [0, 0.1) is 0 Å². The standard InChI is InChI=1S/C12H13NO3/c1-3-11(15)13-10-6-4-9(5-7-10)12(16)8(2)14/h4-7H,3H2,1-2H3,(H,13,15). The molecular weight excluding hydrogens is 206 g/mol. The lowest BCUT2D eigenvalue weighted by Crippen LogP contribution is -2.11. The zero-order valence-corrected chi connectivity index (χ0v) is 9.24. The Hall–Kier alpha value is -1.97. The van der Waals surface area contributed by atoms with Crippen LogP contribution in [0.5, 0.6) is 0 Å². The van der Waals surface area contributed by atoms with Gasteiger partial charge in [-0.3, -0.25) is 14.4 Å². The van der Waals surface area contributed by atoms with Crippen molar-refractivity contribution in [2.75, 3.05) is 5.32 Å². The molecule has 1 aromatic rings. The second kappa shape index (κ2) is 5.21. The van der Waals surface area contributed by atoms with Crippen molar-refractivity contribution in [3.63, 3.8) is 0 Å². The molecule has 0 radical (unpaired) electrons. The van der Waals surface area contributed by atoms with Crippen LogP contribution < -0.4 is 5.32 Å². The summed E-state index contributed by atoms with van der Waals surface area (Å²) in [7, 11) is 0. The van der Waals surface area contributed by atoms with Gasteiger partial charge in [0.25, 0.3) is 0 Å². The van der Waals surface area contributed by atoms with Gasteiger partial charge in [-0.05, 0) is 24.3 Å². The van der Waals surface area contributed by atoms with E-state index in [9.17, 15) is 14.4 Å². The number of hydrogen-bond acceptors (Lipinski definition) is 3. The first-order valence-corrected chi connectivity index (χ1v) is 4.99. The number of Topliss-reactive ketones (excluding diaryl/α,β-unsaturated/α-hetero) is 2. The maximum atomic E-state index is 11.3. The molecule has 0 atom stereocenters. The van der Waals surface area contributed by atoms with Crippen molar-refractivity contribution in [2.24, 2.45) is 0 Å². The second-order valence-corrected chi connectivity index (χ2v) is 3.36. The molecule has 1 aromatic carbocycles. The van der Waals surface area contributed by atoms with E-state index in [0.29, 0.717) is 17.7 Å². The highest BCUT2D eigenvalue weighted by atomic mass is 16.2. The van der Waals surface area contributed by atoms with Gasteiger partial charge < -0.3 is 5.32 Å². The quantitative estimate of drug-likeness (QED) is 0.620. The molecule has 0 saturated heterocycles. The first kappa shape index (κ1) is 12.1. The van der Waals surface area contributed by atoms with Gasteiger partial charge in [0.2, 0.25) is 11.7 Å². The topological polar surface area (TPSA) is 63.2 Å². The molecule has 0 saturated carbocycles. The highest BCUT2D eigenvalue weighted by molar-refractivity contribution is 6.42. The fourth-order valence-corrected chi connectivity index (χ4v) is 1.16. The van der Waals surface area contributed by atoms with Crippen LogP contribution in [0.25, 0.3) is 0 Å². The monoisotopic (exact) mass is 219 g/mol. The first-order valence-electron chi connectivity index (χ1n) is 4.99. The van der Waals surface area contributed by atoms with Crippen LogP contribution in [-0.4, -0.2) is 17.5 Å². The number of carbonyl (C=O) groups is 3. The van der Waals surface area contributed by atoms with Crippen molar-refractivity contribution in [1.82, 2.24) is 0 Å². The molecular formula is C12H13NO3. The Kier molecular flexibility index (Phi) is 3.94. The Morgan fingerprint density at radius 1 is 1.12 bits per heavy atom. The van der Waals surface area contributed by atoms with E-state index in [2.05, 4.69) is 5.32 Å². The van der Waals surface area contributed by atoms with E-state index in [1.165, 1.54) is 19.1 Å². The Labute approximate surface area is 93.7 Å². The van der Waals surface area contributed by atoms with Crippen LogP contribution in [0.15, 0.2) is 24.3 Å². The summed E-state index contributed by atoms with van der Waals surface area (Å²) in [4.78, 5) is 33.2. The van der Waals surface area contributed by atoms with E-state index in [1.807, 2.05) is 0 Å². The summed E-state index contributed by atoms with van der Waals surface area (Å²) in [5.41, 5.74) is 0.953. The predicted molar refractivity (Wildman–Crippen MR) is 60.4 cm³/mol. The summed E-state index contributed by atoms with van der Waals surface area (Å²) in [6, 6.07) is 6.25. The van der Waals surface area contributed by atoms with Crippen LogP contribution in [0.1, 0.15) is 30.6 Å². The van der Waals surface area contributed by atoms with E-state index in [1.54, 1.807) is 19.1 Å². The Balaban J connectivity index is 2.79. The molecule has 4 nitrogen and oxygen atoms in total. The molecule has 0 aliphatic heterocycles. The smallest absolute Gasteiger partial charge is 0.228 e. The number of carbonyl (C=O) groups excluding carboxylic acids is 3. The average Bonchev–Trinajstić information content (AvgIpc) is 2.28. The summed E-state index contributed by atoms with van der Waals surface area (Å²) in [6.45, 7) is 2.98. The number of nitrogens with one attached hydrogen (secondary N) is 1. The SMILES string of the molecule is CCC(=O)Nc1ccc(C(=O)C(C)=O)cc1. The second-order valence-electron chi connectivity index (χ2n) is 3.36. The Morgan fingerprint density at radius 2 is 1.69 bits per heavy atom. The van der Waals surface area contributed by atoms with Crippen LogP contribution >= 0.6 is 0 Å². The van der Waals surface area contributed by atoms with Crippen LogP contribution in [0.4, 0.5) is 5.69 Å². The number of rotatable bonds is 4. The molecule has 1 rings (SSSR count). The van der Waals surface area contributed by atoms with Gasteiger partial charge in [0, 0.05) is 24.6 Å². The van der Waals surface area contributed by atoms with Gasteiger partial charge in [0.15, 0.2) is 5.78 Å². The molecule has 16 heavy (non-hydrogen) atoms. The Morgan fingerprint density at radius 3 is 2.12 bits per heavy atom. The van der Waals surface area contributed by atoms with E-state index in [4.69, 9.17) is 0 Å². The molecule has 1 N–H and O–H groups in total. The van der Waals surface area contributed by atoms with Gasteiger partial charge in [-0.25, -0.2) is 0 Å². The molecule has 0 unspecified atom stereocenters. The lowest BCUT2D eigenvalue weighted by atomic mass is 10.1.